The van der Waals surface area contributed by atoms with E-state index < -0.39 is 0 Å². The van der Waals surface area contributed by atoms with Crippen LogP contribution < -0.4 is 5.56 Å². The van der Waals surface area contributed by atoms with Crippen LogP contribution in [0.15, 0.2) is 70.8 Å². The zero-order chi connectivity index (χ0) is 20.2. The molecule has 148 valence electrons. The number of hydrogen-bond acceptors (Lipinski definition) is 4. The summed E-state index contributed by atoms with van der Waals surface area (Å²) in [6.45, 7) is 4.26. The molecule has 6 heteroatoms. The van der Waals surface area contributed by atoms with Crippen LogP contribution in [-0.4, -0.2) is 20.8 Å². The molecule has 4 rings (SSSR count). The van der Waals surface area contributed by atoms with Crippen molar-refractivity contribution in [2.75, 3.05) is 6.54 Å². The van der Waals surface area contributed by atoms with E-state index in [1.54, 1.807) is 22.6 Å². The molecule has 0 bridgehead atoms. The first kappa shape index (κ1) is 19.5. The lowest BCUT2D eigenvalue weighted by Crippen LogP contribution is -2.26. The first-order valence-corrected chi connectivity index (χ1v) is 10.5. The van der Waals surface area contributed by atoms with E-state index >= 15 is 0 Å². The summed E-state index contributed by atoms with van der Waals surface area (Å²) in [6.07, 6.45) is 0.986. The van der Waals surface area contributed by atoms with Crippen LogP contribution in [0.2, 0.25) is 0 Å². The van der Waals surface area contributed by atoms with E-state index in [1.807, 2.05) is 35.7 Å². The maximum absolute atomic E-state index is 13.2. The lowest BCUT2D eigenvalue weighted by atomic mass is 10.2. The van der Waals surface area contributed by atoms with Crippen molar-refractivity contribution in [3.05, 3.63) is 93.5 Å². The molecule has 4 nitrogen and oxygen atoms in total. The fourth-order valence-corrected chi connectivity index (χ4v) is 4.39. The molecule has 0 aliphatic heterocycles. The smallest absolute Gasteiger partial charge is 0.259 e. The van der Waals surface area contributed by atoms with Crippen molar-refractivity contribution in [3.8, 4) is 11.3 Å². The number of nitrogens with zero attached hydrogens (tertiary/aromatic N) is 3. The van der Waals surface area contributed by atoms with E-state index in [9.17, 15) is 9.18 Å². The van der Waals surface area contributed by atoms with Gasteiger partial charge < -0.3 is 0 Å². The number of rotatable bonds is 7. The Morgan fingerprint density at radius 3 is 2.55 bits per heavy atom. The second kappa shape index (κ2) is 8.68. The van der Waals surface area contributed by atoms with E-state index in [0.717, 1.165) is 35.5 Å². The van der Waals surface area contributed by atoms with Crippen molar-refractivity contribution in [1.82, 2.24) is 14.3 Å². The highest BCUT2D eigenvalue weighted by Crippen LogP contribution is 2.24. The Morgan fingerprint density at radius 2 is 1.83 bits per heavy atom. The lowest BCUT2D eigenvalue weighted by molar-refractivity contribution is 0.254. The van der Waals surface area contributed by atoms with Crippen LogP contribution >= 0.6 is 11.3 Å². The SMILES string of the molecule is CCCN(Cc1ccc(F)cc1)Cc1cc(=O)n2c(-c3ccccc3)csc2n1. The molecular weight excluding hydrogens is 385 g/mol. The number of halogens is 1. The van der Waals surface area contributed by atoms with Gasteiger partial charge in [0.2, 0.25) is 0 Å². The van der Waals surface area contributed by atoms with Crippen LogP contribution in [0.25, 0.3) is 16.2 Å². The first-order chi connectivity index (χ1) is 14.1. The van der Waals surface area contributed by atoms with E-state index in [-0.39, 0.29) is 11.4 Å². The summed E-state index contributed by atoms with van der Waals surface area (Å²) in [7, 11) is 0. The van der Waals surface area contributed by atoms with E-state index in [4.69, 9.17) is 4.98 Å². The molecule has 0 fully saturated rings. The van der Waals surface area contributed by atoms with Crippen LogP contribution in [-0.2, 0) is 13.1 Å². The predicted octanol–water partition coefficient (Wildman–Crippen LogP) is 4.97. The van der Waals surface area contributed by atoms with E-state index in [1.165, 1.54) is 23.5 Å². The zero-order valence-electron chi connectivity index (χ0n) is 16.2. The third-order valence-electron chi connectivity index (χ3n) is 4.77. The number of hydrogen-bond donors (Lipinski definition) is 0. The van der Waals surface area contributed by atoms with Crippen LogP contribution in [0.3, 0.4) is 0 Å². The van der Waals surface area contributed by atoms with Gasteiger partial charge in [0.05, 0.1) is 11.4 Å². The summed E-state index contributed by atoms with van der Waals surface area (Å²) in [4.78, 5) is 20.5. The number of benzene rings is 2. The first-order valence-electron chi connectivity index (χ1n) is 9.66. The minimum Gasteiger partial charge on any atom is -0.293 e. The van der Waals surface area contributed by atoms with Crippen molar-refractivity contribution in [3.63, 3.8) is 0 Å². The highest BCUT2D eigenvalue weighted by molar-refractivity contribution is 7.15. The van der Waals surface area contributed by atoms with Gasteiger partial charge in [0, 0.05) is 24.5 Å². The molecule has 2 aromatic carbocycles. The second-order valence-electron chi connectivity index (χ2n) is 7.03. The third-order valence-corrected chi connectivity index (χ3v) is 5.60. The van der Waals surface area contributed by atoms with Gasteiger partial charge in [-0.2, -0.15) is 0 Å². The quantitative estimate of drug-likeness (QED) is 0.434. The van der Waals surface area contributed by atoms with Crippen LogP contribution in [0.5, 0.6) is 0 Å². The summed E-state index contributed by atoms with van der Waals surface area (Å²) < 4.78 is 14.9. The highest BCUT2D eigenvalue weighted by Gasteiger charge is 2.13. The molecule has 0 unspecified atom stereocenters. The molecule has 0 atom stereocenters. The maximum Gasteiger partial charge on any atom is 0.259 e. The molecule has 4 aromatic rings. The molecule has 0 radical (unpaired) electrons. The Morgan fingerprint density at radius 1 is 1.07 bits per heavy atom. The molecule has 0 N–H and O–H groups in total. The Kier molecular flexibility index (Phi) is 5.83. The predicted molar refractivity (Wildman–Crippen MR) is 116 cm³/mol. The average Bonchev–Trinajstić information content (AvgIpc) is 3.15. The van der Waals surface area contributed by atoms with Gasteiger partial charge in [-0.25, -0.2) is 9.37 Å². The van der Waals surface area contributed by atoms with Crippen molar-refractivity contribution in [2.24, 2.45) is 0 Å². The van der Waals surface area contributed by atoms with Gasteiger partial charge in [-0.05, 0) is 36.2 Å². The molecule has 2 heterocycles. The third kappa shape index (κ3) is 4.44. The van der Waals surface area contributed by atoms with Crippen LogP contribution in [0.4, 0.5) is 4.39 Å². The van der Waals surface area contributed by atoms with Gasteiger partial charge in [-0.1, -0.05) is 49.4 Å². The molecule has 0 aliphatic carbocycles. The van der Waals surface area contributed by atoms with Crippen molar-refractivity contribution >= 4 is 16.3 Å². The molecule has 29 heavy (non-hydrogen) atoms. The summed E-state index contributed by atoms with van der Waals surface area (Å²) in [6, 6.07) is 18.1. The summed E-state index contributed by atoms with van der Waals surface area (Å²) >= 11 is 1.47. The van der Waals surface area contributed by atoms with E-state index in [2.05, 4.69) is 11.8 Å². The summed E-state index contributed by atoms with van der Waals surface area (Å²) in [5.41, 5.74) is 3.60. The second-order valence-corrected chi connectivity index (χ2v) is 7.86. The molecule has 0 saturated heterocycles. The maximum atomic E-state index is 13.2. The normalized spacial score (nSPS) is 11.4. The number of fused-ring (bicyclic) bond motifs is 1. The Labute approximate surface area is 172 Å². The van der Waals surface area contributed by atoms with Crippen molar-refractivity contribution in [2.45, 2.75) is 26.4 Å². The lowest BCUT2D eigenvalue weighted by Gasteiger charge is -2.21. The van der Waals surface area contributed by atoms with Crippen molar-refractivity contribution in [1.29, 1.82) is 0 Å². The van der Waals surface area contributed by atoms with Crippen LogP contribution in [0.1, 0.15) is 24.6 Å². The molecule has 2 aromatic heterocycles. The van der Waals surface area contributed by atoms with Crippen molar-refractivity contribution < 1.29 is 4.39 Å². The topological polar surface area (TPSA) is 37.6 Å². The molecule has 0 amide bonds. The van der Waals surface area contributed by atoms with Gasteiger partial charge in [0.1, 0.15) is 5.82 Å². The minimum absolute atomic E-state index is 0.0664. The Balaban J connectivity index is 1.61. The van der Waals surface area contributed by atoms with Crippen LogP contribution in [0, 0.1) is 5.82 Å². The fraction of sp³-hybridized carbons (Fsp3) is 0.217. The highest BCUT2D eigenvalue weighted by atomic mass is 32.1. The largest absolute Gasteiger partial charge is 0.293 e. The van der Waals surface area contributed by atoms with Gasteiger partial charge >= 0.3 is 0 Å². The molecular formula is C23H22FN3OS. The summed E-state index contributed by atoms with van der Waals surface area (Å²) in [5, 5.41) is 1.98. The van der Waals surface area contributed by atoms with E-state index in [0.29, 0.717) is 18.1 Å². The zero-order valence-corrected chi connectivity index (χ0v) is 17.0. The summed E-state index contributed by atoms with van der Waals surface area (Å²) in [5.74, 6) is -0.233. The fourth-order valence-electron chi connectivity index (χ4n) is 3.46. The monoisotopic (exact) mass is 407 g/mol. The number of thiazole rings is 1. The standard InChI is InChI=1S/C23H22FN3OS/c1-2-12-26(14-17-8-10-19(24)11-9-17)15-20-13-22(28)27-21(16-29-23(27)25-20)18-6-4-3-5-7-18/h3-11,13,16H,2,12,14-15H2,1H3. The van der Waals surface area contributed by atoms with Gasteiger partial charge in [0.25, 0.3) is 5.56 Å². The van der Waals surface area contributed by atoms with Gasteiger partial charge in [-0.3, -0.25) is 14.1 Å². The molecule has 0 saturated carbocycles. The molecule has 0 spiro atoms. The molecule has 0 aliphatic rings. The van der Waals surface area contributed by atoms with Gasteiger partial charge in [0.15, 0.2) is 4.96 Å². The minimum atomic E-state index is -0.233. The average molecular weight is 408 g/mol. The van der Waals surface area contributed by atoms with Gasteiger partial charge in [-0.15, -0.1) is 11.3 Å². The Bertz CT molecular complexity index is 1150. The number of aromatic nitrogens is 2. The Hall–Kier alpha value is -2.83.